The summed E-state index contributed by atoms with van der Waals surface area (Å²) in [6, 6.07) is 9.68. The molecule has 0 aliphatic heterocycles. The van der Waals surface area contributed by atoms with Gasteiger partial charge in [0.25, 0.3) is 11.6 Å². The van der Waals surface area contributed by atoms with Crippen molar-refractivity contribution in [2.45, 2.75) is 26.7 Å². The molecule has 0 saturated heterocycles. The van der Waals surface area contributed by atoms with Crippen LogP contribution in [0.2, 0.25) is 5.02 Å². The van der Waals surface area contributed by atoms with E-state index in [2.05, 4.69) is 11.4 Å². The molecule has 2 aromatic carbocycles. The van der Waals surface area contributed by atoms with Gasteiger partial charge in [-0.2, -0.15) is 0 Å². The summed E-state index contributed by atoms with van der Waals surface area (Å²) in [6.07, 6.45) is 0.849. The lowest BCUT2D eigenvalue weighted by Crippen LogP contribution is -2.28. The number of ether oxygens (including phenoxy) is 1. The van der Waals surface area contributed by atoms with Gasteiger partial charge in [0.2, 0.25) is 0 Å². The predicted molar refractivity (Wildman–Crippen MR) is 106 cm³/mol. The van der Waals surface area contributed by atoms with E-state index in [1.54, 1.807) is 0 Å². The van der Waals surface area contributed by atoms with Gasteiger partial charge in [-0.05, 0) is 37.5 Å². The van der Waals surface area contributed by atoms with Crippen LogP contribution in [0.15, 0.2) is 36.4 Å². The molecule has 1 N–H and O–H groups in total. The van der Waals surface area contributed by atoms with E-state index in [0.29, 0.717) is 6.42 Å². The lowest BCUT2D eigenvalue weighted by Gasteiger charge is -2.09. The van der Waals surface area contributed by atoms with E-state index in [4.69, 9.17) is 16.3 Å². The standard InChI is InChI=1S/C20H21ClN2O5/c1-13-3-4-15(14(2)11-13)5-8-19(24)28-10-9-22-20(25)17-7-6-16(23(26)27)12-18(17)21/h3-4,6-7,11-12H,5,8-10H2,1-2H3,(H,22,25). The van der Waals surface area contributed by atoms with Crippen molar-refractivity contribution in [2.75, 3.05) is 13.2 Å². The first-order valence-corrected chi connectivity index (χ1v) is 9.09. The van der Waals surface area contributed by atoms with Crippen LogP contribution >= 0.6 is 11.6 Å². The van der Waals surface area contributed by atoms with Crippen molar-refractivity contribution >= 4 is 29.2 Å². The second-order valence-corrected chi connectivity index (χ2v) is 6.73. The summed E-state index contributed by atoms with van der Waals surface area (Å²) < 4.78 is 5.12. The Bertz CT molecular complexity index is 898. The number of nitrogens with zero attached hydrogens (tertiary/aromatic N) is 1. The Morgan fingerprint density at radius 1 is 1.18 bits per heavy atom. The van der Waals surface area contributed by atoms with Gasteiger partial charge in [0.1, 0.15) is 6.61 Å². The molecule has 0 atom stereocenters. The number of halogens is 1. The molecule has 0 aromatic heterocycles. The molecule has 0 aliphatic carbocycles. The molecule has 0 unspecified atom stereocenters. The molecule has 7 nitrogen and oxygen atoms in total. The number of nitrogens with one attached hydrogen (secondary N) is 1. The third kappa shape index (κ3) is 6.06. The molecule has 0 radical (unpaired) electrons. The van der Waals surface area contributed by atoms with E-state index in [1.807, 2.05) is 26.0 Å². The lowest BCUT2D eigenvalue weighted by atomic mass is 10.0. The number of rotatable bonds is 8. The summed E-state index contributed by atoms with van der Waals surface area (Å²) >= 11 is 5.90. The third-order valence-electron chi connectivity index (χ3n) is 4.16. The first-order chi connectivity index (χ1) is 13.3. The van der Waals surface area contributed by atoms with E-state index in [-0.39, 0.29) is 41.8 Å². The van der Waals surface area contributed by atoms with Crippen LogP contribution in [0.3, 0.4) is 0 Å². The summed E-state index contributed by atoms with van der Waals surface area (Å²) in [5, 5.41) is 13.2. The molecule has 28 heavy (non-hydrogen) atoms. The SMILES string of the molecule is Cc1ccc(CCC(=O)OCCNC(=O)c2ccc([N+](=O)[O-])cc2Cl)c(C)c1. The highest BCUT2D eigenvalue weighted by atomic mass is 35.5. The highest BCUT2D eigenvalue weighted by Crippen LogP contribution is 2.22. The smallest absolute Gasteiger partial charge is 0.306 e. The van der Waals surface area contributed by atoms with Gasteiger partial charge in [-0.3, -0.25) is 19.7 Å². The number of esters is 1. The quantitative estimate of drug-likeness (QED) is 0.312. The summed E-state index contributed by atoms with van der Waals surface area (Å²) in [7, 11) is 0. The van der Waals surface area contributed by atoms with Gasteiger partial charge >= 0.3 is 5.97 Å². The highest BCUT2D eigenvalue weighted by Gasteiger charge is 2.14. The van der Waals surface area contributed by atoms with Crippen LogP contribution in [0.5, 0.6) is 0 Å². The average molecular weight is 405 g/mol. The molecule has 0 fully saturated rings. The molecular weight excluding hydrogens is 384 g/mol. The van der Waals surface area contributed by atoms with Crippen molar-refractivity contribution in [1.29, 1.82) is 0 Å². The van der Waals surface area contributed by atoms with Crippen LogP contribution in [-0.4, -0.2) is 30.0 Å². The number of aryl methyl sites for hydroxylation is 3. The number of carbonyl (C=O) groups is 2. The number of benzene rings is 2. The minimum atomic E-state index is -0.592. The van der Waals surface area contributed by atoms with Gasteiger partial charge in [-0.1, -0.05) is 35.4 Å². The van der Waals surface area contributed by atoms with E-state index >= 15 is 0 Å². The van der Waals surface area contributed by atoms with E-state index in [0.717, 1.165) is 17.2 Å². The largest absolute Gasteiger partial charge is 0.464 e. The Kier molecular flexibility index (Phi) is 7.52. The van der Waals surface area contributed by atoms with E-state index < -0.39 is 10.8 Å². The topological polar surface area (TPSA) is 98.5 Å². The second kappa shape index (κ2) is 9.85. The van der Waals surface area contributed by atoms with Crippen LogP contribution in [0.4, 0.5) is 5.69 Å². The Balaban J connectivity index is 1.74. The summed E-state index contributed by atoms with van der Waals surface area (Å²) in [4.78, 5) is 34.0. The molecule has 2 aromatic rings. The molecule has 0 heterocycles. The number of nitro benzene ring substituents is 1. The number of nitro groups is 1. The van der Waals surface area contributed by atoms with Crippen molar-refractivity contribution in [3.8, 4) is 0 Å². The minimum absolute atomic E-state index is 0.0165. The van der Waals surface area contributed by atoms with Crippen molar-refractivity contribution in [1.82, 2.24) is 5.32 Å². The predicted octanol–water partition coefficient (Wildman–Crippen LogP) is 3.77. The Morgan fingerprint density at radius 2 is 1.93 bits per heavy atom. The van der Waals surface area contributed by atoms with Crippen molar-refractivity contribution in [2.24, 2.45) is 0 Å². The van der Waals surface area contributed by atoms with Gasteiger partial charge in [0.15, 0.2) is 0 Å². The zero-order valence-corrected chi connectivity index (χ0v) is 16.4. The maximum atomic E-state index is 12.1. The molecule has 0 spiro atoms. The van der Waals surface area contributed by atoms with Gasteiger partial charge in [0, 0.05) is 18.6 Å². The average Bonchev–Trinajstić information content (AvgIpc) is 2.64. The number of hydrogen-bond acceptors (Lipinski definition) is 5. The van der Waals surface area contributed by atoms with Crippen LogP contribution in [0.25, 0.3) is 0 Å². The summed E-state index contributed by atoms with van der Waals surface area (Å²) in [6.45, 7) is 4.17. The fraction of sp³-hybridized carbons (Fsp3) is 0.300. The Morgan fingerprint density at radius 3 is 2.57 bits per heavy atom. The van der Waals surface area contributed by atoms with Gasteiger partial charge < -0.3 is 10.1 Å². The molecule has 1 amide bonds. The molecule has 2 rings (SSSR count). The first kappa shape index (κ1) is 21.4. The van der Waals surface area contributed by atoms with Crippen LogP contribution in [0.1, 0.15) is 33.5 Å². The second-order valence-electron chi connectivity index (χ2n) is 6.33. The number of hydrogen-bond donors (Lipinski definition) is 1. The van der Waals surface area contributed by atoms with Crippen molar-refractivity contribution in [3.05, 3.63) is 73.8 Å². The van der Waals surface area contributed by atoms with E-state index in [1.165, 1.54) is 17.7 Å². The fourth-order valence-electron chi connectivity index (χ4n) is 2.66. The normalized spacial score (nSPS) is 10.4. The molecule has 0 saturated carbocycles. The summed E-state index contributed by atoms with van der Waals surface area (Å²) in [5.74, 6) is -0.839. The summed E-state index contributed by atoms with van der Waals surface area (Å²) in [5.41, 5.74) is 3.34. The number of amides is 1. The van der Waals surface area contributed by atoms with Crippen LogP contribution < -0.4 is 5.32 Å². The van der Waals surface area contributed by atoms with Crippen molar-refractivity contribution in [3.63, 3.8) is 0 Å². The molecular formula is C20H21ClN2O5. The lowest BCUT2D eigenvalue weighted by molar-refractivity contribution is -0.384. The van der Waals surface area contributed by atoms with Crippen LogP contribution in [0, 0.1) is 24.0 Å². The zero-order chi connectivity index (χ0) is 20.7. The third-order valence-corrected chi connectivity index (χ3v) is 4.47. The monoisotopic (exact) mass is 404 g/mol. The minimum Gasteiger partial charge on any atom is -0.464 e. The Hall–Kier alpha value is -2.93. The maximum absolute atomic E-state index is 12.1. The Labute approximate surface area is 167 Å². The van der Waals surface area contributed by atoms with Gasteiger partial charge in [0.05, 0.1) is 22.1 Å². The zero-order valence-electron chi connectivity index (χ0n) is 15.7. The van der Waals surface area contributed by atoms with Crippen molar-refractivity contribution < 1.29 is 19.2 Å². The number of carbonyl (C=O) groups excluding carboxylic acids is 2. The van der Waals surface area contributed by atoms with E-state index in [9.17, 15) is 19.7 Å². The molecule has 148 valence electrons. The molecule has 0 aliphatic rings. The maximum Gasteiger partial charge on any atom is 0.306 e. The van der Waals surface area contributed by atoms with Gasteiger partial charge in [-0.15, -0.1) is 0 Å². The highest BCUT2D eigenvalue weighted by molar-refractivity contribution is 6.34. The molecule has 0 bridgehead atoms. The van der Waals surface area contributed by atoms with Crippen LogP contribution in [-0.2, 0) is 16.0 Å². The van der Waals surface area contributed by atoms with Gasteiger partial charge in [-0.25, -0.2) is 0 Å². The fourth-order valence-corrected chi connectivity index (χ4v) is 2.92. The molecule has 8 heteroatoms. The first-order valence-electron chi connectivity index (χ1n) is 8.72. The number of non-ortho nitro benzene ring substituents is 1.